The Labute approximate surface area is 190 Å². The van der Waals surface area contributed by atoms with Crippen LogP contribution in [0.3, 0.4) is 0 Å². The number of benzene rings is 2. The smallest absolute Gasteiger partial charge is 0.310 e. The summed E-state index contributed by atoms with van der Waals surface area (Å²) in [5.41, 5.74) is 1.79. The maximum absolute atomic E-state index is 13.8. The molecule has 174 valence electrons. The Hall–Kier alpha value is -3.29. The van der Waals surface area contributed by atoms with Crippen molar-refractivity contribution in [3.63, 3.8) is 0 Å². The van der Waals surface area contributed by atoms with Gasteiger partial charge >= 0.3 is 5.97 Å². The van der Waals surface area contributed by atoms with Crippen molar-refractivity contribution >= 4 is 29.2 Å². The third kappa shape index (κ3) is 4.89. The van der Waals surface area contributed by atoms with Crippen LogP contribution >= 0.6 is 0 Å². The van der Waals surface area contributed by atoms with Crippen LogP contribution in [0.25, 0.3) is 0 Å². The van der Waals surface area contributed by atoms with E-state index in [0.29, 0.717) is 25.5 Å². The summed E-state index contributed by atoms with van der Waals surface area (Å²) in [4.78, 5) is 40.5. The third-order valence-electron chi connectivity index (χ3n) is 6.39. The minimum atomic E-state index is -1.20. The number of hydrogen-bond donors (Lipinski definition) is 1. The summed E-state index contributed by atoms with van der Waals surface area (Å²) < 4.78 is 32.3. The van der Waals surface area contributed by atoms with E-state index in [9.17, 15) is 23.2 Å². The maximum atomic E-state index is 13.8. The third-order valence-corrected chi connectivity index (χ3v) is 6.39. The van der Waals surface area contributed by atoms with E-state index in [-0.39, 0.29) is 11.6 Å². The van der Waals surface area contributed by atoms with E-state index >= 15 is 0 Å². The lowest BCUT2D eigenvalue weighted by Crippen LogP contribution is -2.43. The molecular weight excluding hydrogens is 430 g/mol. The average molecular weight is 456 g/mol. The zero-order valence-corrected chi connectivity index (χ0v) is 18.4. The van der Waals surface area contributed by atoms with Gasteiger partial charge in [-0.1, -0.05) is 31.0 Å². The highest BCUT2D eigenvalue weighted by atomic mass is 19.1. The summed E-state index contributed by atoms with van der Waals surface area (Å²) in [6, 6.07) is 10.5. The van der Waals surface area contributed by atoms with Crippen LogP contribution in [-0.4, -0.2) is 30.4 Å². The summed E-state index contributed by atoms with van der Waals surface area (Å²) in [7, 11) is 0. The summed E-state index contributed by atoms with van der Waals surface area (Å²) in [6.45, 7) is 1.96. The lowest BCUT2D eigenvalue weighted by Gasteiger charge is -2.32. The van der Waals surface area contributed by atoms with E-state index in [1.807, 2.05) is 24.3 Å². The van der Waals surface area contributed by atoms with E-state index in [1.165, 1.54) is 6.92 Å². The van der Waals surface area contributed by atoms with Crippen molar-refractivity contribution in [2.45, 2.75) is 45.1 Å². The molecule has 2 amide bonds. The SMILES string of the molecule is CC(OC(=O)C1CCCCC1C(=O)N1CCc2ccccc21)C(=O)Nc1ccc(F)cc1F. The standard InChI is InChI=1S/C25H26F2N2O4/c1-15(23(30)28-21-11-10-17(26)14-20(21)27)33-25(32)19-8-4-3-7-18(19)24(31)29-13-12-16-6-2-5-9-22(16)29/h2,5-6,9-11,14-15,18-19H,3-4,7-8,12-13H2,1H3,(H,28,30). The van der Waals surface area contributed by atoms with Crippen LogP contribution in [0.4, 0.5) is 20.2 Å². The molecule has 4 rings (SSSR count). The Morgan fingerprint density at radius 3 is 2.55 bits per heavy atom. The normalized spacial score (nSPS) is 20.6. The molecule has 33 heavy (non-hydrogen) atoms. The molecule has 2 aromatic carbocycles. The molecule has 1 aliphatic carbocycles. The molecule has 0 radical (unpaired) electrons. The van der Waals surface area contributed by atoms with Crippen LogP contribution in [0, 0.1) is 23.5 Å². The fourth-order valence-electron chi connectivity index (χ4n) is 4.62. The second-order valence-corrected chi connectivity index (χ2v) is 8.56. The highest BCUT2D eigenvalue weighted by molar-refractivity contribution is 6.00. The van der Waals surface area contributed by atoms with E-state index in [4.69, 9.17) is 4.74 Å². The van der Waals surface area contributed by atoms with Gasteiger partial charge in [0.25, 0.3) is 5.91 Å². The molecule has 1 heterocycles. The Morgan fingerprint density at radius 2 is 1.79 bits per heavy atom. The first-order valence-electron chi connectivity index (χ1n) is 11.2. The molecule has 1 fully saturated rings. The van der Waals surface area contributed by atoms with Gasteiger partial charge in [0.2, 0.25) is 5.91 Å². The largest absolute Gasteiger partial charge is 0.452 e. The molecule has 1 aliphatic heterocycles. The molecule has 0 bridgehead atoms. The average Bonchev–Trinajstić information content (AvgIpc) is 3.24. The quantitative estimate of drug-likeness (QED) is 0.684. The van der Waals surface area contributed by atoms with Crippen molar-refractivity contribution in [2.75, 3.05) is 16.8 Å². The first-order chi connectivity index (χ1) is 15.8. The Balaban J connectivity index is 1.41. The number of nitrogens with zero attached hydrogens (tertiary/aromatic N) is 1. The highest BCUT2D eigenvalue weighted by Gasteiger charge is 2.41. The van der Waals surface area contributed by atoms with E-state index in [0.717, 1.165) is 42.6 Å². The minimum Gasteiger partial charge on any atom is -0.452 e. The summed E-state index contributed by atoms with van der Waals surface area (Å²) in [5, 5.41) is 2.30. The number of para-hydroxylation sites is 1. The van der Waals surface area contributed by atoms with Crippen molar-refractivity contribution in [1.29, 1.82) is 0 Å². The lowest BCUT2D eigenvalue weighted by atomic mass is 9.78. The second-order valence-electron chi connectivity index (χ2n) is 8.56. The van der Waals surface area contributed by atoms with Gasteiger partial charge in [-0.2, -0.15) is 0 Å². The molecule has 8 heteroatoms. The molecule has 6 nitrogen and oxygen atoms in total. The molecular formula is C25H26F2N2O4. The van der Waals surface area contributed by atoms with Gasteiger partial charge in [0.05, 0.1) is 17.5 Å². The number of halogens is 2. The monoisotopic (exact) mass is 456 g/mol. The van der Waals surface area contributed by atoms with Gasteiger partial charge in [-0.25, -0.2) is 8.78 Å². The van der Waals surface area contributed by atoms with Gasteiger partial charge in [-0.05, 0) is 49.9 Å². The number of carbonyl (C=O) groups excluding carboxylic acids is 3. The molecule has 0 aromatic heterocycles. The number of fused-ring (bicyclic) bond motifs is 1. The van der Waals surface area contributed by atoms with Crippen molar-refractivity contribution in [2.24, 2.45) is 11.8 Å². The summed E-state index contributed by atoms with van der Waals surface area (Å²) >= 11 is 0. The maximum Gasteiger partial charge on any atom is 0.310 e. The molecule has 3 unspecified atom stereocenters. The number of nitrogens with one attached hydrogen (secondary N) is 1. The summed E-state index contributed by atoms with van der Waals surface area (Å²) in [6.07, 6.45) is 2.30. The fraction of sp³-hybridized carbons (Fsp3) is 0.400. The fourth-order valence-corrected chi connectivity index (χ4v) is 4.62. The summed E-state index contributed by atoms with van der Waals surface area (Å²) in [5.74, 6) is -4.28. The Bertz CT molecular complexity index is 1070. The van der Waals surface area contributed by atoms with Gasteiger partial charge in [-0.15, -0.1) is 0 Å². The van der Waals surface area contributed by atoms with E-state index in [1.54, 1.807) is 4.90 Å². The molecule has 1 saturated carbocycles. The van der Waals surface area contributed by atoms with Crippen LogP contribution < -0.4 is 10.2 Å². The Kier molecular flexibility index (Phi) is 6.72. The predicted molar refractivity (Wildman–Crippen MR) is 118 cm³/mol. The first kappa shape index (κ1) is 22.9. The topological polar surface area (TPSA) is 75.7 Å². The van der Waals surface area contributed by atoms with Gasteiger partial charge in [0, 0.05) is 18.3 Å². The lowest BCUT2D eigenvalue weighted by molar-refractivity contribution is -0.161. The molecule has 0 saturated heterocycles. The van der Waals surface area contributed by atoms with Gasteiger partial charge < -0.3 is 15.0 Å². The van der Waals surface area contributed by atoms with Crippen LogP contribution in [-0.2, 0) is 25.5 Å². The number of ether oxygens (including phenoxy) is 1. The number of carbonyl (C=O) groups is 3. The zero-order chi connectivity index (χ0) is 23.5. The second kappa shape index (κ2) is 9.68. The van der Waals surface area contributed by atoms with E-state index in [2.05, 4.69) is 5.32 Å². The number of hydrogen-bond acceptors (Lipinski definition) is 4. The minimum absolute atomic E-state index is 0.0907. The number of anilines is 2. The van der Waals surface area contributed by atoms with Crippen LogP contribution in [0.1, 0.15) is 38.2 Å². The van der Waals surface area contributed by atoms with Gasteiger partial charge in [0.1, 0.15) is 11.6 Å². The molecule has 2 aromatic rings. The number of rotatable bonds is 5. The number of amides is 2. The zero-order valence-electron chi connectivity index (χ0n) is 18.4. The van der Waals surface area contributed by atoms with E-state index < -0.39 is 41.5 Å². The van der Waals surface area contributed by atoms with Gasteiger partial charge in [-0.3, -0.25) is 14.4 Å². The molecule has 3 atom stereocenters. The molecule has 1 N–H and O–H groups in total. The molecule has 2 aliphatic rings. The van der Waals surface area contributed by atoms with Crippen LogP contribution in [0.2, 0.25) is 0 Å². The predicted octanol–water partition coefficient (Wildman–Crippen LogP) is 4.23. The van der Waals surface area contributed by atoms with Crippen LogP contribution in [0.5, 0.6) is 0 Å². The van der Waals surface area contributed by atoms with Crippen LogP contribution in [0.15, 0.2) is 42.5 Å². The first-order valence-corrected chi connectivity index (χ1v) is 11.2. The highest BCUT2D eigenvalue weighted by Crippen LogP contribution is 2.36. The van der Waals surface area contributed by atoms with Crippen molar-refractivity contribution in [3.8, 4) is 0 Å². The number of esters is 1. The Morgan fingerprint density at radius 1 is 1.06 bits per heavy atom. The van der Waals surface area contributed by atoms with Crippen molar-refractivity contribution < 1.29 is 27.9 Å². The van der Waals surface area contributed by atoms with Crippen molar-refractivity contribution in [3.05, 3.63) is 59.7 Å². The van der Waals surface area contributed by atoms with Gasteiger partial charge in [0.15, 0.2) is 6.10 Å². The molecule has 0 spiro atoms. The van der Waals surface area contributed by atoms with Crippen molar-refractivity contribution in [1.82, 2.24) is 0 Å².